The first kappa shape index (κ1) is 16.5. The average Bonchev–Trinajstić information content (AvgIpc) is 2.59. The van der Waals surface area contributed by atoms with Crippen LogP contribution in [0, 0.1) is 6.92 Å². The molecule has 126 valence electrons. The molecule has 24 heavy (non-hydrogen) atoms. The fourth-order valence-corrected chi connectivity index (χ4v) is 2.62. The van der Waals surface area contributed by atoms with Gasteiger partial charge < -0.3 is 19.7 Å². The molecule has 0 spiro atoms. The number of anilines is 1. The highest BCUT2D eigenvalue weighted by Gasteiger charge is 2.17. The van der Waals surface area contributed by atoms with Gasteiger partial charge in [0, 0.05) is 5.69 Å². The highest BCUT2D eigenvalue weighted by atomic mass is 16.5. The lowest BCUT2D eigenvalue weighted by Gasteiger charge is -2.23. The second-order valence-electron chi connectivity index (χ2n) is 6.03. The average molecular weight is 327 g/mol. The Balaban J connectivity index is 1.52. The van der Waals surface area contributed by atoms with Crippen molar-refractivity contribution in [2.75, 3.05) is 38.2 Å². The second kappa shape index (κ2) is 7.95. The lowest BCUT2D eigenvalue weighted by Crippen LogP contribution is -3.15. The maximum absolute atomic E-state index is 12.1. The molecule has 1 amide bonds. The summed E-state index contributed by atoms with van der Waals surface area (Å²) in [4.78, 5) is 13.3. The van der Waals surface area contributed by atoms with Gasteiger partial charge in [0.2, 0.25) is 0 Å². The summed E-state index contributed by atoms with van der Waals surface area (Å²) in [5, 5.41) is 2.93. The van der Waals surface area contributed by atoms with E-state index in [-0.39, 0.29) is 5.91 Å². The van der Waals surface area contributed by atoms with Gasteiger partial charge in [0.25, 0.3) is 5.91 Å². The number of rotatable bonds is 5. The van der Waals surface area contributed by atoms with Crippen molar-refractivity contribution in [2.45, 2.75) is 6.92 Å². The minimum atomic E-state index is 0.0269. The van der Waals surface area contributed by atoms with E-state index in [0.717, 1.165) is 43.5 Å². The minimum absolute atomic E-state index is 0.0269. The molecule has 0 aromatic heterocycles. The van der Waals surface area contributed by atoms with E-state index >= 15 is 0 Å². The number of nitrogens with one attached hydrogen (secondary N) is 2. The monoisotopic (exact) mass is 327 g/mol. The zero-order chi connectivity index (χ0) is 16.8. The Morgan fingerprint density at radius 1 is 1.04 bits per heavy atom. The first-order chi connectivity index (χ1) is 11.7. The number of benzene rings is 2. The van der Waals surface area contributed by atoms with Gasteiger partial charge in [-0.25, -0.2) is 0 Å². The van der Waals surface area contributed by atoms with Crippen LogP contribution in [0.15, 0.2) is 48.5 Å². The fraction of sp³-hybridized carbons (Fsp3) is 0.316. The molecule has 5 heteroatoms. The van der Waals surface area contributed by atoms with E-state index in [4.69, 9.17) is 9.47 Å². The third-order valence-corrected chi connectivity index (χ3v) is 4.01. The number of amides is 1. The Morgan fingerprint density at radius 3 is 2.25 bits per heavy atom. The highest BCUT2D eigenvalue weighted by Crippen LogP contribution is 2.23. The molecule has 2 aromatic rings. The summed E-state index contributed by atoms with van der Waals surface area (Å²) in [6, 6.07) is 15.3. The second-order valence-corrected chi connectivity index (χ2v) is 6.03. The molecule has 0 bridgehead atoms. The van der Waals surface area contributed by atoms with Gasteiger partial charge >= 0.3 is 0 Å². The maximum Gasteiger partial charge on any atom is 0.279 e. The van der Waals surface area contributed by atoms with Crippen molar-refractivity contribution in [1.29, 1.82) is 0 Å². The highest BCUT2D eigenvalue weighted by molar-refractivity contribution is 5.91. The SMILES string of the molecule is Cc1ccc(Oc2ccc(NC(=O)C[NH+]3CCOCC3)cc2)cc1. The molecule has 0 radical (unpaired) electrons. The van der Waals surface area contributed by atoms with E-state index in [1.54, 1.807) is 0 Å². The van der Waals surface area contributed by atoms with Crippen LogP contribution in [0.5, 0.6) is 11.5 Å². The Kier molecular flexibility index (Phi) is 5.46. The van der Waals surface area contributed by atoms with E-state index in [1.807, 2.05) is 55.5 Å². The Bertz CT molecular complexity index is 662. The van der Waals surface area contributed by atoms with Crippen molar-refractivity contribution < 1.29 is 19.2 Å². The van der Waals surface area contributed by atoms with Crippen molar-refractivity contribution in [2.24, 2.45) is 0 Å². The summed E-state index contributed by atoms with van der Waals surface area (Å²) < 4.78 is 11.1. The molecule has 3 rings (SSSR count). The molecule has 1 fully saturated rings. The summed E-state index contributed by atoms with van der Waals surface area (Å²) in [5.74, 6) is 1.57. The number of aryl methyl sites for hydroxylation is 1. The van der Waals surface area contributed by atoms with E-state index in [0.29, 0.717) is 6.54 Å². The minimum Gasteiger partial charge on any atom is -0.457 e. The van der Waals surface area contributed by atoms with Crippen LogP contribution in [0.3, 0.4) is 0 Å². The van der Waals surface area contributed by atoms with Crippen LogP contribution in [0.2, 0.25) is 0 Å². The van der Waals surface area contributed by atoms with Gasteiger partial charge in [-0.3, -0.25) is 4.79 Å². The van der Waals surface area contributed by atoms with Gasteiger partial charge in [0.1, 0.15) is 24.6 Å². The first-order valence-electron chi connectivity index (χ1n) is 8.25. The molecule has 0 unspecified atom stereocenters. The number of hydrogen-bond acceptors (Lipinski definition) is 3. The molecule has 0 saturated carbocycles. The maximum atomic E-state index is 12.1. The van der Waals surface area contributed by atoms with Crippen molar-refractivity contribution in [3.8, 4) is 11.5 Å². The van der Waals surface area contributed by atoms with Crippen LogP contribution in [0.25, 0.3) is 0 Å². The number of carbonyl (C=O) groups is 1. The Hall–Kier alpha value is -2.37. The van der Waals surface area contributed by atoms with Crippen molar-refractivity contribution >= 4 is 11.6 Å². The van der Waals surface area contributed by atoms with Gasteiger partial charge in [-0.05, 0) is 43.3 Å². The molecule has 5 nitrogen and oxygen atoms in total. The van der Waals surface area contributed by atoms with E-state index < -0.39 is 0 Å². The van der Waals surface area contributed by atoms with Crippen molar-refractivity contribution in [3.63, 3.8) is 0 Å². The van der Waals surface area contributed by atoms with Crippen LogP contribution < -0.4 is 15.0 Å². The third-order valence-electron chi connectivity index (χ3n) is 4.01. The number of quaternary nitrogens is 1. The predicted octanol–water partition coefficient (Wildman–Crippen LogP) is 1.64. The van der Waals surface area contributed by atoms with E-state index in [2.05, 4.69) is 5.32 Å². The number of carbonyl (C=O) groups excluding carboxylic acids is 1. The molecule has 0 atom stereocenters. The van der Waals surface area contributed by atoms with E-state index in [1.165, 1.54) is 10.5 Å². The van der Waals surface area contributed by atoms with Gasteiger partial charge in [-0.2, -0.15) is 0 Å². The van der Waals surface area contributed by atoms with Gasteiger partial charge in [0.15, 0.2) is 6.54 Å². The number of hydrogen-bond donors (Lipinski definition) is 2. The summed E-state index contributed by atoms with van der Waals surface area (Å²) in [6.07, 6.45) is 0. The van der Waals surface area contributed by atoms with Gasteiger partial charge in [-0.1, -0.05) is 17.7 Å². The molecule has 2 N–H and O–H groups in total. The topological polar surface area (TPSA) is 52.0 Å². The van der Waals surface area contributed by atoms with Crippen LogP contribution in [0.4, 0.5) is 5.69 Å². The molecule has 2 aromatic carbocycles. The largest absolute Gasteiger partial charge is 0.457 e. The summed E-state index contributed by atoms with van der Waals surface area (Å²) >= 11 is 0. The van der Waals surface area contributed by atoms with Crippen molar-refractivity contribution in [1.82, 2.24) is 0 Å². The molecule has 0 aliphatic carbocycles. The third kappa shape index (κ3) is 4.81. The molecular weight excluding hydrogens is 304 g/mol. The van der Waals surface area contributed by atoms with Gasteiger partial charge in [0.05, 0.1) is 13.2 Å². The molecular formula is C19H23N2O3+. The lowest BCUT2D eigenvalue weighted by atomic mass is 10.2. The Morgan fingerprint density at radius 2 is 1.62 bits per heavy atom. The summed E-state index contributed by atoms with van der Waals surface area (Å²) in [5.41, 5.74) is 1.98. The first-order valence-corrected chi connectivity index (χ1v) is 8.25. The number of ether oxygens (including phenoxy) is 2. The standard InChI is InChI=1S/C19H22N2O3/c1-15-2-6-17(7-3-15)24-18-8-4-16(5-9-18)20-19(22)14-21-10-12-23-13-11-21/h2-9H,10-14H2,1H3,(H,20,22)/p+1. The van der Waals surface area contributed by atoms with Crippen molar-refractivity contribution in [3.05, 3.63) is 54.1 Å². The van der Waals surface area contributed by atoms with Crippen LogP contribution >= 0.6 is 0 Å². The van der Waals surface area contributed by atoms with Gasteiger partial charge in [-0.15, -0.1) is 0 Å². The lowest BCUT2D eigenvalue weighted by molar-refractivity contribution is -0.899. The zero-order valence-electron chi connectivity index (χ0n) is 13.9. The van der Waals surface area contributed by atoms with Crippen LogP contribution in [-0.2, 0) is 9.53 Å². The quantitative estimate of drug-likeness (QED) is 0.878. The van der Waals surface area contributed by atoms with E-state index in [9.17, 15) is 4.79 Å². The molecule has 1 saturated heterocycles. The molecule has 1 aliphatic heterocycles. The normalized spacial score (nSPS) is 15.0. The summed E-state index contributed by atoms with van der Waals surface area (Å²) in [7, 11) is 0. The Labute approximate surface area is 142 Å². The van der Waals surface area contributed by atoms with Crippen LogP contribution in [-0.4, -0.2) is 38.8 Å². The predicted molar refractivity (Wildman–Crippen MR) is 92.7 cm³/mol. The molecule has 1 heterocycles. The smallest absolute Gasteiger partial charge is 0.279 e. The summed E-state index contributed by atoms with van der Waals surface area (Å²) in [6.45, 7) is 5.75. The molecule has 1 aliphatic rings. The number of morpholine rings is 1. The fourth-order valence-electron chi connectivity index (χ4n) is 2.62. The van der Waals surface area contributed by atoms with Crippen LogP contribution in [0.1, 0.15) is 5.56 Å². The zero-order valence-corrected chi connectivity index (χ0v) is 13.9.